The zero-order valence-electron chi connectivity index (χ0n) is 16.8. The largest absolute Gasteiger partial charge is 0.375 e. The highest BCUT2D eigenvalue weighted by Crippen LogP contribution is 2.31. The SMILES string of the molecule is C=C(C1CCCN(CC2=CC=CCC2)C1)N1CCC2(CC1)CN/C(=N\C)N2. The summed E-state index contributed by atoms with van der Waals surface area (Å²) >= 11 is 0. The van der Waals surface area contributed by atoms with Crippen LogP contribution in [0.5, 0.6) is 0 Å². The van der Waals surface area contributed by atoms with Crippen LogP contribution in [-0.4, -0.2) is 67.6 Å². The van der Waals surface area contributed by atoms with Crippen LogP contribution in [0.4, 0.5) is 0 Å². The lowest BCUT2D eigenvalue weighted by Crippen LogP contribution is -2.53. The van der Waals surface area contributed by atoms with E-state index in [0.29, 0.717) is 5.92 Å². The standard InChI is InChI=1S/C22H35N5/c1-18(27-13-10-22(11-14-27)17-24-21(23-2)25-22)20-9-6-12-26(16-20)15-19-7-4-3-5-8-19/h3-4,7,20H,1,5-6,8-17H2,2H3,(H2,23,24,25). The van der Waals surface area contributed by atoms with E-state index in [2.05, 4.69) is 50.2 Å². The molecule has 0 aromatic carbocycles. The van der Waals surface area contributed by atoms with E-state index in [1.807, 2.05) is 7.05 Å². The summed E-state index contributed by atoms with van der Waals surface area (Å²) in [6, 6.07) is 0. The summed E-state index contributed by atoms with van der Waals surface area (Å²) in [5, 5.41) is 7.01. The smallest absolute Gasteiger partial charge is 0.191 e. The number of hydrogen-bond acceptors (Lipinski definition) is 3. The molecular weight excluding hydrogens is 334 g/mol. The van der Waals surface area contributed by atoms with E-state index in [1.165, 1.54) is 44.5 Å². The normalized spacial score (nSPS) is 29.5. The van der Waals surface area contributed by atoms with Gasteiger partial charge in [-0.1, -0.05) is 30.4 Å². The van der Waals surface area contributed by atoms with E-state index in [-0.39, 0.29) is 5.54 Å². The number of rotatable bonds is 4. The predicted molar refractivity (Wildman–Crippen MR) is 113 cm³/mol. The van der Waals surface area contributed by atoms with Crippen LogP contribution in [-0.2, 0) is 0 Å². The minimum atomic E-state index is 0.200. The van der Waals surface area contributed by atoms with Crippen LogP contribution in [0.25, 0.3) is 0 Å². The quantitative estimate of drug-likeness (QED) is 0.799. The number of likely N-dealkylation sites (tertiary alicyclic amines) is 2. The summed E-state index contributed by atoms with van der Waals surface area (Å²) in [6.07, 6.45) is 14.2. The molecule has 4 aliphatic rings. The molecule has 3 fully saturated rings. The summed E-state index contributed by atoms with van der Waals surface area (Å²) in [6.45, 7) is 11.3. The second-order valence-electron chi connectivity index (χ2n) is 8.68. The topological polar surface area (TPSA) is 42.9 Å². The summed E-state index contributed by atoms with van der Waals surface area (Å²) in [5.41, 5.74) is 3.17. The van der Waals surface area contributed by atoms with Gasteiger partial charge in [-0.2, -0.15) is 0 Å². The van der Waals surface area contributed by atoms with Crippen molar-refractivity contribution in [1.29, 1.82) is 0 Å². The first-order valence-electron chi connectivity index (χ1n) is 10.7. The Labute approximate surface area is 164 Å². The van der Waals surface area contributed by atoms with E-state index in [1.54, 1.807) is 5.57 Å². The van der Waals surface area contributed by atoms with Crippen molar-refractivity contribution in [2.75, 3.05) is 46.3 Å². The van der Waals surface area contributed by atoms with E-state index in [0.717, 1.165) is 45.0 Å². The summed E-state index contributed by atoms with van der Waals surface area (Å²) in [4.78, 5) is 9.49. The van der Waals surface area contributed by atoms with Crippen LogP contribution in [0.1, 0.15) is 38.5 Å². The number of nitrogens with one attached hydrogen (secondary N) is 2. The Morgan fingerprint density at radius 1 is 1.33 bits per heavy atom. The molecule has 3 aliphatic heterocycles. The van der Waals surface area contributed by atoms with Gasteiger partial charge in [0, 0.05) is 51.4 Å². The fourth-order valence-electron chi connectivity index (χ4n) is 5.05. The van der Waals surface area contributed by atoms with Crippen molar-refractivity contribution in [3.8, 4) is 0 Å². The highest BCUT2D eigenvalue weighted by molar-refractivity contribution is 5.83. The first kappa shape index (κ1) is 18.6. The van der Waals surface area contributed by atoms with Gasteiger partial charge in [0.2, 0.25) is 0 Å². The lowest BCUT2D eigenvalue weighted by molar-refractivity contribution is 0.144. The predicted octanol–water partition coefficient (Wildman–Crippen LogP) is 2.50. The Bertz CT molecular complexity index is 639. The molecule has 2 N–H and O–H groups in total. The number of allylic oxidation sites excluding steroid dienone is 3. The molecule has 1 aliphatic carbocycles. The van der Waals surface area contributed by atoms with Crippen LogP contribution in [0, 0.1) is 5.92 Å². The maximum Gasteiger partial charge on any atom is 0.191 e. The van der Waals surface area contributed by atoms with Gasteiger partial charge in [0.25, 0.3) is 0 Å². The lowest BCUT2D eigenvalue weighted by atomic mass is 9.86. The molecule has 0 saturated carbocycles. The maximum atomic E-state index is 4.54. The third-order valence-electron chi connectivity index (χ3n) is 6.83. The van der Waals surface area contributed by atoms with Crippen molar-refractivity contribution in [2.24, 2.45) is 10.9 Å². The molecule has 0 bridgehead atoms. The Morgan fingerprint density at radius 2 is 2.19 bits per heavy atom. The molecule has 5 nitrogen and oxygen atoms in total. The third kappa shape index (κ3) is 4.23. The van der Waals surface area contributed by atoms with Crippen LogP contribution >= 0.6 is 0 Å². The van der Waals surface area contributed by atoms with E-state index in [9.17, 15) is 0 Å². The molecule has 0 amide bonds. The van der Waals surface area contributed by atoms with E-state index in [4.69, 9.17) is 0 Å². The molecule has 1 unspecified atom stereocenters. The monoisotopic (exact) mass is 369 g/mol. The minimum Gasteiger partial charge on any atom is -0.375 e. The van der Waals surface area contributed by atoms with Gasteiger partial charge >= 0.3 is 0 Å². The molecule has 4 rings (SSSR count). The van der Waals surface area contributed by atoms with Gasteiger partial charge in [-0.3, -0.25) is 9.89 Å². The van der Waals surface area contributed by atoms with Crippen molar-refractivity contribution < 1.29 is 0 Å². The van der Waals surface area contributed by atoms with Crippen molar-refractivity contribution in [1.82, 2.24) is 20.4 Å². The molecule has 148 valence electrons. The Morgan fingerprint density at radius 3 is 2.89 bits per heavy atom. The summed E-state index contributed by atoms with van der Waals surface area (Å²) < 4.78 is 0. The molecule has 0 radical (unpaired) electrons. The molecule has 3 heterocycles. The van der Waals surface area contributed by atoms with Crippen molar-refractivity contribution in [2.45, 2.75) is 44.1 Å². The molecule has 27 heavy (non-hydrogen) atoms. The summed E-state index contributed by atoms with van der Waals surface area (Å²) in [5.74, 6) is 1.58. The second kappa shape index (κ2) is 8.09. The van der Waals surface area contributed by atoms with Crippen molar-refractivity contribution >= 4 is 5.96 Å². The molecule has 0 aromatic rings. The number of piperidine rings is 2. The first-order chi connectivity index (χ1) is 13.2. The Balaban J connectivity index is 1.29. The molecular formula is C22H35N5. The summed E-state index contributed by atoms with van der Waals surface area (Å²) in [7, 11) is 1.85. The fourth-order valence-corrected chi connectivity index (χ4v) is 5.05. The van der Waals surface area contributed by atoms with Gasteiger partial charge in [0.05, 0.1) is 5.54 Å². The number of nitrogens with zero attached hydrogens (tertiary/aromatic N) is 3. The molecule has 1 spiro atoms. The maximum absolute atomic E-state index is 4.54. The van der Waals surface area contributed by atoms with Crippen LogP contribution in [0.3, 0.4) is 0 Å². The van der Waals surface area contributed by atoms with Crippen LogP contribution in [0.2, 0.25) is 0 Å². The van der Waals surface area contributed by atoms with E-state index < -0.39 is 0 Å². The fraction of sp³-hybridized carbons (Fsp3) is 0.682. The van der Waals surface area contributed by atoms with E-state index >= 15 is 0 Å². The average molecular weight is 370 g/mol. The van der Waals surface area contributed by atoms with Gasteiger partial charge in [-0.05, 0) is 45.1 Å². The molecule has 3 saturated heterocycles. The third-order valence-corrected chi connectivity index (χ3v) is 6.83. The zero-order valence-corrected chi connectivity index (χ0v) is 16.8. The average Bonchev–Trinajstić information content (AvgIpc) is 3.12. The number of aliphatic imine (C=N–C) groups is 1. The first-order valence-corrected chi connectivity index (χ1v) is 10.7. The zero-order chi connectivity index (χ0) is 18.7. The Hall–Kier alpha value is -1.75. The number of hydrogen-bond donors (Lipinski definition) is 2. The van der Waals surface area contributed by atoms with Crippen molar-refractivity contribution in [3.05, 3.63) is 36.1 Å². The van der Waals surface area contributed by atoms with Gasteiger partial charge in [0.15, 0.2) is 5.96 Å². The van der Waals surface area contributed by atoms with Gasteiger partial charge in [0.1, 0.15) is 0 Å². The molecule has 5 heteroatoms. The van der Waals surface area contributed by atoms with Gasteiger partial charge in [-0.15, -0.1) is 0 Å². The van der Waals surface area contributed by atoms with Crippen LogP contribution < -0.4 is 10.6 Å². The minimum absolute atomic E-state index is 0.200. The van der Waals surface area contributed by atoms with Crippen LogP contribution in [0.15, 0.2) is 41.1 Å². The highest BCUT2D eigenvalue weighted by Gasteiger charge is 2.40. The Kier molecular flexibility index (Phi) is 5.58. The van der Waals surface area contributed by atoms with Gasteiger partial charge < -0.3 is 15.5 Å². The second-order valence-corrected chi connectivity index (χ2v) is 8.68. The van der Waals surface area contributed by atoms with Crippen molar-refractivity contribution in [3.63, 3.8) is 0 Å². The molecule has 1 atom stereocenters. The van der Waals surface area contributed by atoms with Gasteiger partial charge in [-0.25, -0.2) is 0 Å². The molecule has 0 aromatic heterocycles. The number of guanidine groups is 1. The highest BCUT2D eigenvalue weighted by atomic mass is 15.3. The lowest BCUT2D eigenvalue weighted by Gasteiger charge is -2.44.